The van der Waals surface area contributed by atoms with Gasteiger partial charge in [0.2, 0.25) is 0 Å². The Labute approximate surface area is 213 Å². The Bertz CT molecular complexity index is 1040. The van der Waals surface area contributed by atoms with Crippen LogP contribution in [0.2, 0.25) is 0 Å². The molecule has 2 aromatic carbocycles. The highest BCUT2D eigenvalue weighted by molar-refractivity contribution is 5.81. The van der Waals surface area contributed by atoms with Crippen molar-refractivity contribution in [3.8, 4) is 5.75 Å². The molecule has 0 aliphatic carbocycles. The lowest BCUT2D eigenvalue weighted by atomic mass is 9.76. The summed E-state index contributed by atoms with van der Waals surface area (Å²) in [6.45, 7) is 4.03. The second-order valence-corrected chi connectivity index (χ2v) is 10.3. The van der Waals surface area contributed by atoms with Crippen molar-refractivity contribution >= 4 is 11.8 Å². The van der Waals surface area contributed by atoms with Crippen LogP contribution in [0.5, 0.6) is 5.75 Å². The number of rotatable bonds is 6. The topological polar surface area (TPSA) is 85.1 Å². The molecule has 3 aliphatic heterocycles. The molecule has 2 N–H and O–H groups in total. The van der Waals surface area contributed by atoms with Crippen molar-refractivity contribution < 1.29 is 19.1 Å². The third-order valence-electron chi connectivity index (χ3n) is 7.93. The summed E-state index contributed by atoms with van der Waals surface area (Å²) in [5.41, 5.74) is 8.16. The van der Waals surface area contributed by atoms with Gasteiger partial charge in [-0.3, -0.25) is 4.79 Å². The molecule has 0 saturated carbocycles. The fraction of sp³-hybridized carbons (Fsp3) is 0.517. The normalized spacial score (nSPS) is 23.8. The summed E-state index contributed by atoms with van der Waals surface area (Å²) in [6, 6.07) is 19.1. The zero-order chi connectivity index (χ0) is 24.9. The predicted molar refractivity (Wildman–Crippen MR) is 138 cm³/mol. The summed E-state index contributed by atoms with van der Waals surface area (Å²) in [7, 11) is 0. The van der Waals surface area contributed by atoms with E-state index in [2.05, 4.69) is 48.5 Å². The molecule has 192 valence electrons. The van der Waals surface area contributed by atoms with Crippen molar-refractivity contribution in [1.82, 2.24) is 9.80 Å². The largest absolute Gasteiger partial charge is 0.492 e. The average Bonchev–Trinajstić information content (AvgIpc) is 2.92. The minimum absolute atomic E-state index is 0.110. The quantitative estimate of drug-likeness (QED) is 0.667. The van der Waals surface area contributed by atoms with Gasteiger partial charge in [0.1, 0.15) is 19.0 Å². The molecule has 36 heavy (non-hydrogen) atoms. The number of benzene rings is 2. The summed E-state index contributed by atoms with van der Waals surface area (Å²) in [6.07, 6.45) is 3.36. The van der Waals surface area contributed by atoms with E-state index >= 15 is 0 Å². The molecule has 7 nitrogen and oxygen atoms in total. The molecule has 0 spiro atoms. The minimum atomic E-state index is 0.110. The van der Waals surface area contributed by atoms with Crippen LogP contribution in [0, 0.1) is 11.8 Å². The van der Waals surface area contributed by atoms with Gasteiger partial charge >= 0.3 is 6.03 Å². The number of ketones is 1. The van der Waals surface area contributed by atoms with Crippen molar-refractivity contribution in [3.05, 3.63) is 65.7 Å². The minimum Gasteiger partial charge on any atom is -0.492 e. The Morgan fingerprint density at radius 2 is 1.75 bits per heavy atom. The molecule has 3 saturated heterocycles. The maximum Gasteiger partial charge on any atom is 0.320 e. The molecule has 3 heterocycles. The summed E-state index contributed by atoms with van der Waals surface area (Å²) >= 11 is 0. The van der Waals surface area contributed by atoms with Gasteiger partial charge < -0.3 is 25.0 Å². The van der Waals surface area contributed by atoms with Crippen LogP contribution in [-0.4, -0.2) is 73.7 Å². The second kappa shape index (κ2) is 11.4. The molecular formula is C29H37N3O4. The van der Waals surface area contributed by atoms with Crippen LogP contribution in [0.1, 0.15) is 42.7 Å². The third kappa shape index (κ3) is 5.57. The van der Waals surface area contributed by atoms with Crippen molar-refractivity contribution in [1.29, 1.82) is 0 Å². The molecule has 0 aromatic heterocycles. The van der Waals surface area contributed by atoms with Crippen molar-refractivity contribution in [2.24, 2.45) is 17.6 Å². The van der Waals surface area contributed by atoms with E-state index in [1.54, 1.807) is 0 Å². The maximum atomic E-state index is 13.4. The van der Waals surface area contributed by atoms with Gasteiger partial charge in [0.25, 0.3) is 0 Å². The predicted octanol–water partition coefficient (Wildman–Crippen LogP) is 3.67. The SMILES string of the molecule is NCCOc1cccc([C@@H](c2ccccc2)C2CCN(C(=O)N3CC[C@@H]4OCC(=O)C[C@@H]4C3)CC2)c1. The second-order valence-electron chi connectivity index (χ2n) is 10.3. The number of urea groups is 1. The number of nitrogens with two attached hydrogens (primary N) is 1. The lowest BCUT2D eigenvalue weighted by Crippen LogP contribution is -2.54. The summed E-state index contributed by atoms with van der Waals surface area (Å²) in [5.74, 6) is 1.80. The number of amides is 2. The van der Waals surface area contributed by atoms with Gasteiger partial charge in [0.15, 0.2) is 5.78 Å². The molecule has 0 unspecified atom stereocenters. The highest BCUT2D eigenvalue weighted by Crippen LogP contribution is 2.39. The molecule has 2 amide bonds. The van der Waals surface area contributed by atoms with Crippen molar-refractivity contribution in [2.45, 2.75) is 37.7 Å². The van der Waals surface area contributed by atoms with Crippen LogP contribution in [0.4, 0.5) is 4.79 Å². The number of fused-ring (bicyclic) bond motifs is 1. The molecule has 5 rings (SSSR count). The highest BCUT2D eigenvalue weighted by atomic mass is 16.5. The Morgan fingerprint density at radius 3 is 2.53 bits per heavy atom. The maximum absolute atomic E-state index is 13.4. The van der Waals surface area contributed by atoms with Gasteiger partial charge in [0, 0.05) is 51.0 Å². The Balaban J connectivity index is 1.26. The van der Waals surface area contributed by atoms with Crippen LogP contribution in [0.15, 0.2) is 54.6 Å². The Hall–Kier alpha value is -2.90. The van der Waals surface area contributed by atoms with Crippen LogP contribution in [0.25, 0.3) is 0 Å². The number of ether oxygens (including phenoxy) is 2. The van der Waals surface area contributed by atoms with Gasteiger partial charge in [-0.2, -0.15) is 0 Å². The van der Waals surface area contributed by atoms with E-state index in [0.29, 0.717) is 38.6 Å². The summed E-state index contributed by atoms with van der Waals surface area (Å²) in [5, 5.41) is 0. The van der Waals surface area contributed by atoms with E-state index in [1.807, 2.05) is 15.9 Å². The lowest BCUT2D eigenvalue weighted by Gasteiger charge is -2.43. The van der Waals surface area contributed by atoms with Crippen LogP contribution in [0.3, 0.4) is 0 Å². The van der Waals surface area contributed by atoms with E-state index in [9.17, 15) is 9.59 Å². The molecule has 3 fully saturated rings. The summed E-state index contributed by atoms with van der Waals surface area (Å²) in [4.78, 5) is 29.2. The molecular weight excluding hydrogens is 454 g/mol. The van der Waals surface area contributed by atoms with Gasteiger partial charge in [-0.25, -0.2) is 4.79 Å². The van der Waals surface area contributed by atoms with Crippen LogP contribution < -0.4 is 10.5 Å². The number of likely N-dealkylation sites (tertiary alicyclic amines) is 2. The number of nitrogens with zero attached hydrogens (tertiary/aromatic N) is 2. The zero-order valence-electron chi connectivity index (χ0n) is 20.9. The number of hydrogen-bond acceptors (Lipinski definition) is 5. The van der Waals surface area contributed by atoms with Crippen LogP contribution in [-0.2, 0) is 9.53 Å². The molecule has 0 bridgehead atoms. The number of carbonyl (C=O) groups excluding carboxylic acids is 2. The molecule has 2 aromatic rings. The molecule has 7 heteroatoms. The fourth-order valence-corrected chi connectivity index (χ4v) is 6.15. The first-order chi connectivity index (χ1) is 17.6. The zero-order valence-corrected chi connectivity index (χ0v) is 20.9. The monoisotopic (exact) mass is 491 g/mol. The number of Topliss-reactive ketones (excluding diaryl/α,β-unsaturated/α-hetero) is 1. The van der Waals surface area contributed by atoms with Gasteiger partial charge in [-0.15, -0.1) is 0 Å². The third-order valence-corrected chi connectivity index (χ3v) is 7.93. The Kier molecular flexibility index (Phi) is 7.87. The first kappa shape index (κ1) is 24.8. The van der Waals surface area contributed by atoms with E-state index in [4.69, 9.17) is 15.2 Å². The van der Waals surface area contributed by atoms with E-state index < -0.39 is 0 Å². The van der Waals surface area contributed by atoms with E-state index in [1.165, 1.54) is 11.1 Å². The van der Waals surface area contributed by atoms with Crippen molar-refractivity contribution in [2.75, 3.05) is 45.9 Å². The molecule has 0 radical (unpaired) electrons. The van der Waals surface area contributed by atoms with Gasteiger partial charge in [-0.05, 0) is 48.4 Å². The first-order valence-corrected chi connectivity index (χ1v) is 13.3. The molecule has 3 atom stereocenters. The van der Waals surface area contributed by atoms with Crippen molar-refractivity contribution in [3.63, 3.8) is 0 Å². The highest BCUT2D eigenvalue weighted by Gasteiger charge is 2.39. The number of carbonyl (C=O) groups is 2. The van der Waals surface area contributed by atoms with Gasteiger partial charge in [-0.1, -0.05) is 42.5 Å². The van der Waals surface area contributed by atoms with Crippen LogP contribution >= 0.6 is 0 Å². The lowest BCUT2D eigenvalue weighted by molar-refractivity contribution is -0.140. The smallest absolute Gasteiger partial charge is 0.320 e. The summed E-state index contributed by atoms with van der Waals surface area (Å²) < 4.78 is 11.5. The number of piperidine rings is 2. The number of hydrogen-bond donors (Lipinski definition) is 1. The standard InChI is InChI=1S/C29H37N3O4/c30-12-16-35-26-8-4-7-23(18-26)28(21-5-2-1-3-6-21)22-9-13-31(14-10-22)29(34)32-15-11-27-24(19-32)17-25(33)20-36-27/h1-8,18,22,24,27-28H,9-17,19-20,30H2/t24-,27+,28+/m1/s1. The first-order valence-electron chi connectivity index (χ1n) is 13.3. The Morgan fingerprint density at radius 1 is 1.00 bits per heavy atom. The van der Waals surface area contributed by atoms with Gasteiger partial charge in [0.05, 0.1) is 6.10 Å². The van der Waals surface area contributed by atoms with E-state index in [-0.39, 0.29) is 36.4 Å². The average molecular weight is 492 g/mol. The fourth-order valence-electron chi connectivity index (χ4n) is 6.15. The van der Waals surface area contributed by atoms with E-state index in [0.717, 1.165) is 38.1 Å². The molecule has 3 aliphatic rings.